The number of hydrogen-bond donors (Lipinski definition) is 2. The molecule has 0 atom stereocenters. The third kappa shape index (κ3) is 9.05. The molecule has 198 valence electrons. The molecule has 1 aromatic heterocycles. The van der Waals surface area contributed by atoms with Gasteiger partial charge in [-0.25, -0.2) is 14.6 Å². The average molecular weight is 530 g/mol. The van der Waals surface area contributed by atoms with Gasteiger partial charge in [0.1, 0.15) is 11.5 Å². The van der Waals surface area contributed by atoms with Crippen LogP contribution in [-0.4, -0.2) is 85.6 Å². The molecule has 2 heterocycles. The van der Waals surface area contributed by atoms with Gasteiger partial charge in [0.25, 0.3) is 0 Å². The molecule has 0 radical (unpaired) electrons. The molecular weight excluding hydrogens is 498 g/mol. The van der Waals surface area contributed by atoms with E-state index in [1.165, 1.54) is 5.56 Å². The Morgan fingerprint density at radius 2 is 1.65 bits per heavy atom. The minimum Gasteiger partial charge on any atom is -0.497 e. The third-order valence-corrected chi connectivity index (χ3v) is 6.62. The van der Waals surface area contributed by atoms with Crippen molar-refractivity contribution < 1.29 is 34.0 Å². The van der Waals surface area contributed by atoms with E-state index in [1.54, 1.807) is 25.6 Å². The van der Waals surface area contributed by atoms with Crippen LogP contribution in [0.2, 0.25) is 0 Å². The summed E-state index contributed by atoms with van der Waals surface area (Å²) in [4.78, 5) is 28.8. The Hall–Kier alpha value is -3.67. The number of aliphatic carboxylic acids is 2. The maximum atomic E-state index is 9.55. The van der Waals surface area contributed by atoms with Gasteiger partial charge >= 0.3 is 11.9 Å². The van der Waals surface area contributed by atoms with Crippen molar-refractivity contribution >= 4 is 38.6 Å². The predicted octanol–water partition coefficient (Wildman–Crippen LogP) is 3.36. The number of thiazole rings is 1. The molecule has 11 heteroatoms. The quantitative estimate of drug-likeness (QED) is 0.378. The molecule has 0 aliphatic carbocycles. The van der Waals surface area contributed by atoms with Gasteiger partial charge in [0.05, 0.1) is 37.6 Å². The second-order valence-electron chi connectivity index (χ2n) is 8.06. The van der Waals surface area contributed by atoms with E-state index in [2.05, 4.69) is 28.0 Å². The molecule has 1 saturated heterocycles. The smallest absolute Gasteiger partial charge is 0.328 e. The zero-order valence-corrected chi connectivity index (χ0v) is 21.6. The summed E-state index contributed by atoms with van der Waals surface area (Å²) in [5.74, 6) is -0.775. The van der Waals surface area contributed by atoms with Crippen molar-refractivity contribution in [3.63, 3.8) is 0 Å². The Morgan fingerprint density at radius 3 is 2.24 bits per heavy atom. The lowest BCUT2D eigenvalue weighted by molar-refractivity contribution is -0.134. The zero-order valence-electron chi connectivity index (χ0n) is 20.8. The topological polar surface area (TPSA) is 122 Å². The van der Waals surface area contributed by atoms with E-state index in [0.717, 1.165) is 72.8 Å². The van der Waals surface area contributed by atoms with E-state index in [1.807, 2.05) is 24.3 Å². The van der Waals surface area contributed by atoms with Gasteiger partial charge in [-0.15, -0.1) is 0 Å². The fraction of sp³-hybridized carbons (Fsp3) is 0.346. The zero-order chi connectivity index (χ0) is 26.6. The van der Waals surface area contributed by atoms with E-state index in [-0.39, 0.29) is 0 Å². The predicted molar refractivity (Wildman–Crippen MR) is 142 cm³/mol. The lowest BCUT2D eigenvalue weighted by Gasteiger charge is -2.30. The maximum Gasteiger partial charge on any atom is 0.328 e. The normalized spacial score (nSPS) is 13.7. The SMILES string of the molecule is COc1ccc(CN(CCN2CCOCC2)c2nc3ccc(OC)cc3s2)cc1.O=C(O)/C=C/C(=O)O. The van der Waals surface area contributed by atoms with Gasteiger partial charge in [-0.2, -0.15) is 0 Å². The van der Waals surface area contributed by atoms with Crippen LogP contribution in [0.5, 0.6) is 11.5 Å². The summed E-state index contributed by atoms with van der Waals surface area (Å²) in [5.41, 5.74) is 2.25. The average Bonchev–Trinajstić information content (AvgIpc) is 3.34. The Kier molecular flexibility index (Phi) is 10.7. The first-order valence-corrected chi connectivity index (χ1v) is 12.5. The standard InChI is InChI=1S/C22H27N3O3S.C4H4O4/c1-26-18-5-3-17(4-6-18)16-25(10-9-24-11-13-28-14-12-24)22-23-20-8-7-19(27-2)15-21(20)29-22;5-3(6)1-2-4(7)8/h3-8,15H,9-14,16H2,1-2H3;1-2H,(H,5,6)(H,7,8)/b;2-1+. The molecule has 10 nitrogen and oxygen atoms in total. The van der Waals surface area contributed by atoms with Gasteiger partial charge in [-0.05, 0) is 35.9 Å². The van der Waals surface area contributed by atoms with E-state index in [4.69, 9.17) is 29.4 Å². The Morgan fingerprint density at radius 1 is 1.03 bits per heavy atom. The molecule has 0 amide bonds. The number of nitrogens with zero attached hydrogens (tertiary/aromatic N) is 3. The molecule has 1 fully saturated rings. The van der Waals surface area contributed by atoms with Crippen molar-refractivity contribution in [2.24, 2.45) is 0 Å². The molecule has 37 heavy (non-hydrogen) atoms. The minimum absolute atomic E-state index is 0.558. The number of anilines is 1. The molecular formula is C26H31N3O7S. The number of ether oxygens (including phenoxy) is 3. The second kappa shape index (κ2) is 14.2. The Bertz CT molecular complexity index is 1170. The van der Waals surface area contributed by atoms with Crippen molar-refractivity contribution in [3.05, 3.63) is 60.2 Å². The van der Waals surface area contributed by atoms with E-state index in [9.17, 15) is 9.59 Å². The number of benzene rings is 2. The van der Waals surface area contributed by atoms with Crippen LogP contribution in [0.3, 0.4) is 0 Å². The fourth-order valence-electron chi connectivity index (χ4n) is 3.58. The highest BCUT2D eigenvalue weighted by atomic mass is 32.1. The van der Waals surface area contributed by atoms with Gasteiger partial charge in [-0.3, -0.25) is 4.90 Å². The molecule has 0 spiro atoms. The number of carbonyl (C=O) groups is 2. The summed E-state index contributed by atoms with van der Waals surface area (Å²) >= 11 is 1.72. The van der Waals surface area contributed by atoms with Crippen LogP contribution in [-0.2, 0) is 20.9 Å². The highest BCUT2D eigenvalue weighted by Crippen LogP contribution is 2.32. The molecule has 0 unspecified atom stereocenters. The second-order valence-corrected chi connectivity index (χ2v) is 9.07. The largest absolute Gasteiger partial charge is 0.497 e. The van der Waals surface area contributed by atoms with Crippen LogP contribution in [0.25, 0.3) is 10.2 Å². The van der Waals surface area contributed by atoms with Gasteiger partial charge < -0.3 is 29.3 Å². The Labute approximate surface area is 219 Å². The van der Waals surface area contributed by atoms with Crippen LogP contribution in [0, 0.1) is 0 Å². The first-order valence-electron chi connectivity index (χ1n) is 11.6. The molecule has 4 rings (SSSR count). The number of carboxylic acids is 2. The van der Waals surface area contributed by atoms with Crippen molar-refractivity contribution in [2.45, 2.75) is 6.54 Å². The van der Waals surface area contributed by atoms with Crippen molar-refractivity contribution in [1.82, 2.24) is 9.88 Å². The first-order chi connectivity index (χ1) is 17.9. The lowest BCUT2D eigenvalue weighted by Crippen LogP contribution is -2.41. The maximum absolute atomic E-state index is 9.55. The number of fused-ring (bicyclic) bond motifs is 1. The van der Waals surface area contributed by atoms with Crippen molar-refractivity contribution in [2.75, 3.05) is 58.5 Å². The van der Waals surface area contributed by atoms with E-state index < -0.39 is 11.9 Å². The summed E-state index contributed by atoms with van der Waals surface area (Å²) in [6.45, 7) is 6.35. The van der Waals surface area contributed by atoms with Gasteiger partial charge in [0, 0.05) is 44.9 Å². The van der Waals surface area contributed by atoms with Crippen LogP contribution in [0.4, 0.5) is 5.13 Å². The molecule has 1 aliphatic heterocycles. The number of rotatable bonds is 10. The molecule has 2 N–H and O–H groups in total. The molecule has 2 aromatic carbocycles. The highest BCUT2D eigenvalue weighted by molar-refractivity contribution is 7.22. The summed E-state index contributed by atoms with van der Waals surface area (Å²) in [7, 11) is 3.39. The van der Waals surface area contributed by atoms with Crippen molar-refractivity contribution in [3.8, 4) is 11.5 Å². The van der Waals surface area contributed by atoms with Gasteiger partial charge in [0.2, 0.25) is 0 Å². The van der Waals surface area contributed by atoms with Crippen molar-refractivity contribution in [1.29, 1.82) is 0 Å². The van der Waals surface area contributed by atoms with Gasteiger partial charge in [0.15, 0.2) is 5.13 Å². The number of morpholine rings is 1. The summed E-state index contributed by atoms with van der Waals surface area (Å²) in [6.07, 6.45) is 1.12. The Balaban J connectivity index is 0.000000414. The number of aromatic nitrogens is 1. The molecule has 3 aromatic rings. The highest BCUT2D eigenvalue weighted by Gasteiger charge is 2.17. The fourth-order valence-corrected chi connectivity index (χ4v) is 4.60. The van der Waals surface area contributed by atoms with Crippen LogP contribution in [0.15, 0.2) is 54.6 Å². The van der Waals surface area contributed by atoms with Crippen LogP contribution >= 0.6 is 11.3 Å². The van der Waals surface area contributed by atoms with Gasteiger partial charge in [-0.1, -0.05) is 23.5 Å². The lowest BCUT2D eigenvalue weighted by atomic mass is 10.2. The van der Waals surface area contributed by atoms with E-state index >= 15 is 0 Å². The first kappa shape index (κ1) is 27.9. The monoisotopic (exact) mass is 529 g/mol. The number of hydrogen-bond acceptors (Lipinski definition) is 9. The molecule has 0 saturated carbocycles. The molecule has 0 bridgehead atoms. The number of methoxy groups -OCH3 is 2. The van der Waals surface area contributed by atoms with Crippen LogP contribution in [0.1, 0.15) is 5.56 Å². The summed E-state index contributed by atoms with van der Waals surface area (Å²) in [5, 5.41) is 16.7. The third-order valence-electron chi connectivity index (χ3n) is 5.55. The van der Waals surface area contributed by atoms with E-state index in [0.29, 0.717) is 12.2 Å². The summed E-state index contributed by atoms with van der Waals surface area (Å²) < 4.78 is 17.3. The van der Waals surface area contributed by atoms with Crippen LogP contribution < -0.4 is 14.4 Å². The molecule has 1 aliphatic rings. The number of carboxylic acid groups (broad SMARTS) is 2. The summed E-state index contributed by atoms with van der Waals surface area (Å²) in [6, 6.07) is 14.3. The minimum atomic E-state index is -1.26.